The maximum absolute atomic E-state index is 9.66. The maximum Gasteiger partial charge on any atom is 0.492 e. The van der Waals surface area contributed by atoms with E-state index in [1.54, 1.807) is 0 Å². The van der Waals surface area contributed by atoms with Gasteiger partial charge in [0.25, 0.3) is 0 Å². The second kappa shape index (κ2) is 5.76. The van der Waals surface area contributed by atoms with E-state index in [-0.39, 0.29) is 6.61 Å². The van der Waals surface area contributed by atoms with Crippen molar-refractivity contribution >= 4 is 34.8 Å². The van der Waals surface area contributed by atoms with Crippen LogP contribution < -0.4 is 5.73 Å². The predicted molar refractivity (Wildman–Crippen MR) is 89.7 cm³/mol. The third-order valence-electron chi connectivity index (χ3n) is 4.13. The maximum atomic E-state index is 9.66. The van der Waals surface area contributed by atoms with Gasteiger partial charge in [-0.25, -0.2) is 0 Å². The fourth-order valence-electron chi connectivity index (χ4n) is 2.06. The first-order valence-electron chi connectivity index (χ1n) is 6.88. The summed E-state index contributed by atoms with van der Waals surface area (Å²) in [5.41, 5.74) is 7.24. The number of benzene rings is 1. The summed E-state index contributed by atoms with van der Waals surface area (Å²) in [5, 5.41) is 9.66. The molecule has 114 valence electrons. The van der Waals surface area contributed by atoms with E-state index < -0.39 is 18.3 Å². The van der Waals surface area contributed by atoms with Crippen LogP contribution in [0.5, 0.6) is 0 Å². The fraction of sp³-hybridized carbons (Fsp3) is 0.467. The van der Waals surface area contributed by atoms with Crippen LogP contribution in [-0.2, 0) is 9.31 Å². The van der Waals surface area contributed by atoms with Gasteiger partial charge < -0.3 is 20.1 Å². The zero-order valence-electron chi connectivity index (χ0n) is 12.8. The van der Waals surface area contributed by atoms with Crippen LogP contribution in [0.25, 0.3) is 6.08 Å². The molecule has 0 unspecified atom stereocenters. The smallest absolute Gasteiger partial charge is 0.400 e. The Kier molecular flexibility index (Phi) is 4.54. The van der Waals surface area contributed by atoms with Crippen molar-refractivity contribution in [1.82, 2.24) is 0 Å². The van der Waals surface area contributed by atoms with Crippen molar-refractivity contribution in [1.29, 1.82) is 0 Å². The number of nitrogens with two attached hydrogens (primary N) is 1. The minimum Gasteiger partial charge on any atom is -0.400 e. The van der Waals surface area contributed by atoms with E-state index in [0.29, 0.717) is 11.2 Å². The summed E-state index contributed by atoms with van der Waals surface area (Å²) in [4.78, 5) is 0. The Bertz CT molecular complexity index is 556. The Morgan fingerprint density at radius 2 is 1.86 bits per heavy atom. The van der Waals surface area contributed by atoms with E-state index in [4.69, 9.17) is 15.0 Å². The van der Waals surface area contributed by atoms with E-state index in [1.165, 1.54) is 0 Å². The number of halogens is 1. The van der Waals surface area contributed by atoms with Gasteiger partial charge in [0.05, 0.1) is 17.8 Å². The van der Waals surface area contributed by atoms with Crippen LogP contribution in [0.2, 0.25) is 0 Å². The number of anilines is 1. The third kappa shape index (κ3) is 3.34. The fourth-order valence-corrected chi connectivity index (χ4v) is 2.44. The summed E-state index contributed by atoms with van der Waals surface area (Å²) in [5.74, 6) is 0. The topological polar surface area (TPSA) is 64.7 Å². The van der Waals surface area contributed by atoms with Crippen LogP contribution in [0.3, 0.4) is 0 Å². The summed E-state index contributed by atoms with van der Waals surface area (Å²) in [6.07, 6.45) is 1.82. The molecule has 0 amide bonds. The van der Waals surface area contributed by atoms with E-state index in [0.717, 1.165) is 10.0 Å². The Morgan fingerprint density at radius 3 is 2.33 bits per heavy atom. The average molecular weight is 354 g/mol. The monoisotopic (exact) mass is 353 g/mol. The van der Waals surface area contributed by atoms with Crippen LogP contribution in [0, 0.1) is 0 Å². The third-order valence-corrected chi connectivity index (χ3v) is 4.62. The van der Waals surface area contributed by atoms with Crippen molar-refractivity contribution < 1.29 is 14.4 Å². The lowest BCUT2D eigenvalue weighted by molar-refractivity contribution is 0.00578. The molecule has 0 aromatic heterocycles. The molecule has 1 heterocycles. The van der Waals surface area contributed by atoms with Gasteiger partial charge in [0.2, 0.25) is 0 Å². The quantitative estimate of drug-likeness (QED) is 0.647. The molecule has 1 aliphatic rings. The Morgan fingerprint density at radius 1 is 1.29 bits per heavy atom. The van der Waals surface area contributed by atoms with Gasteiger partial charge in [-0.2, -0.15) is 0 Å². The lowest BCUT2D eigenvalue weighted by Crippen LogP contribution is -2.41. The standard InChI is InChI=1S/C15H21BBrNO3/c1-14(2)15(3,4)21-16(20-14)11(9-19)7-10-5-6-12(17)8-13(10)18/h5-8,19H,9,18H2,1-4H3. The number of hydrogen-bond donors (Lipinski definition) is 2. The molecule has 0 bridgehead atoms. The minimum atomic E-state index is -0.567. The van der Waals surface area contributed by atoms with Crippen molar-refractivity contribution in [3.8, 4) is 0 Å². The summed E-state index contributed by atoms with van der Waals surface area (Å²) in [6.45, 7) is 7.78. The second-order valence-electron chi connectivity index (χ2n) is 6.24. The molecule has 0 atom stereocenters. The summed E-state index contributed by atoms with van der Waals surface area (Å²) in [7, 11) is -0.567. The van der Waals surface area contributed by atoms with Gasteiger partial charge in [-0.05, 0) is 50.9 Å². The van der Waals surface area contributed by atoms with Gasteiger partial charge in [0.1, 0.15) is 0 Å². The van der Waals surface area contributed by atoms with Crippen LogP contribution in [0.15, 0.2) is 28.1 Å². The molecular formula is C15H21BBrNO3. The lowest BCUT2D eigenvalue weighted by atomic mass is 9.77. The first kappa shape index (κ1) is 16.6. The van der Waals surface area contributed by atoms with E-state index in [2.05, 4.69) is 15.9 Å². The number of nitrogen functional groups attached to an aromatic ring is 1. The van der Waals surface area contributed by atoms with Gasteiger partial charge in [-0.15, -0.1) is 0 Å². The molecule has 0 radical (unpaired) electrons. The predicted octanol–water partition coefficient (Wildman–Crippen LogP) is 3.04. The second-order valence-corrected chi connectivity index (χ2v) is 7.15. The minimum absolute atomic E-state index is 0.146. The molecule has 21 heavy (non-hydrogen) atoms. The summed E-state index contributed by atoms with van der Waals surface area (Å²) >= 11 is 3.38. The van der Waals surface area contributed by atoms with E-state index in [9.17, 15) is 5.11 Å². The molecule has 1 aromatic rings. The van der Waals surface area contributed by atoms with Crippen LogP contribution in [0.4, 0.5) is 5.69 Å². The molecule has 1 aromatic carbocycles. The zero-order chi connectivity index (χ0) is 15.8. The lowest BCUT2D eigenvalue weighted by Gasteiger charge is -2.32. The molecule has 0 saturated carbocycles. The van der Waals surface area contributed by atoms with Gasteiger partial charge in [0.15, 0.2) is 0 Å². The molecule has 1 fully saturated rings. The number of aliphatic hydroxyl groups is 1. The Balaban J connectivity index is 2.31. The summed E-state index contributed by atoms with van der Waals surface area (Å²) in [6, 6.07) is 5.62. The SMILES string of the molecule is CC1(C)OB(C(=Cc2ccc(Br)cc2N)CO)OC1(C)C. The van der Waals surface area contributed by atoms with Crippen molar-refractivity contribution in [2.24, 2.45) is 0 Å². The first-order valence-corrected chi connectivity index (χ1v) is 7.67. The highest BCUT2D eigenvalue weighted by atomic mass is 79.9. The molecular weight excluding hydrogens is 333 g/mol. The molecule has 0 spiro atoms. The van der Waals surface area contributed by atoms with Crippen molar-refractivity contribution in [2.75, 3.05) is 12.3 Å². The van der Waals surface area contributed by atoms with Crippen molar-refractivity contribution in [3.05, 3.63) is 33.7 Å². The highest BCUT2D eigenvalue weighted by molar-refractivity contribution is 9.10. The molecule has 2 rings (SSSR count). The normalized spacial score (nSPS) is 20.9. The molecule has 1 aliphatic heterocycles. The molecule has 3 N–H and O–H groups in total. The number of hydrogen-bond acceptors (Lipinski definition) is 4. The number of aliphatic hydroxyl groups excluding tert-OH is 1. The molecule has 0 aliphatic carbocycles. The largest absolute Gasteiger partial charge is 0.492 e. The zero-order valence-corrected chi connectivity index (χ0v) is 14.4. The Hall–Kier alpha value is -0.815. The number of rotatable bonds is 3. The highest BCUT2D eigenvalue weighted by Crippen LogP contribution is 2.38. The van der Waals surface area contributed by atoms with E-state index in [1.807, 2.05) is 52.0 Å². The van der Waals surface area contributed by atoms with Gasteiger partial charge in [0, 0.05) is 10.2 Å². The van der Waals surface area contributed by atoms with Gasteiger partial charge in [-0.1, -0.05) is 28.1 Å². The van der Waals surface area contributed by atoms with Crippen LogP contribution in [0.1, 0.15) is 33.3 Å². The first-order chi connectivity index (χ1) is 9.66. The van der Waals surface area contributed by atoms with Gasteiger partial charge >= 0.3 is 7.12 Å². The molecule has 1 saturated heterocycles. The van der Waals surface area contributed by atoms with E-state index >= 15 is 0 Å². The van der Waals surface area contributed by atoms with Crippen LogP contribution in [-0.4, -0.2) is 30.0 Å². The van der Waals surface area contributed by atoms with Crippen molar-refractivity contribution in [2.45, 2.75) is 38.9 Å². The Labute approximate surface area is 134 Å². The molecule has 4 nitrogen and oxygen atoms in total. The molecule has 6 heteroatoms. The van der Waals surface area contributed by atoms with Crippen LogP contribution >= 0.6 is 15.9 Å². The highest BCUT2D eigenvalue weighted by Gasteiger charge is 2.52. The average Bonchev–Trinajstić information content (AvgIpc) is 2.57. The summed E-state index contributed by atoms with van der Waals surface area (Å²) < 4.78 is 12.8. The van der Waals surface area contributed by atoms with Crippen molar-refractivity contribution in [3.63, 3.8) is 0 Å². The van der Waals surface area contributed by atoms with Gasteiger partial charge in [-0.3, -0.25) is 0 Å².